The lowest BCUT2D eigenvalue weighted by Gasteiger charge is -2.33. The van der Waals surface area contributed by atoms with Crippen LogP contribution in [-0.2, 0) is 19.7 Å². The summed E-state index contributed by atoms with van der Waals surface area (Å²) < 4.78 is 10.8. The quantitative estimate of drug-likeness (QED) is 0.789. The van der Waals surface area contributed by atoms with Gasteiger partial charge in [-0.25, -0.2) is 4.79 Å². The van der Waals surface area contributed by atoms with Gasteiger partial charge in [-0.05, 0) is 45.9 Å². The molecule has 0 saturated carbocycles. The number of ether oxygens (including phenoxy) is 2. The van der Waals surface area contributed by atoms with E-state index in [4.69, 9.17) is 15.2 Å². The van der Waals surface area contributed by atoms with E-state index in [9.17, 15) is 14.9 Å². The minimum Gasteiger partial charge on any atom is -0.464 e. The zero-order chi connectivity index (χ0) is 19.2. The van der Waals surface area contributed by atoms with E-state index in [-0.39, 0.29) is 22.9 Å². The van der Waals surface area contributed by atoms with Gasteiger partial charge in [-0.15, -0.1) is 0 Å². The summed E-state index contributed by atoms with van der Waals surface area (Å²) in [7, 11) is 0. The van der Waals surface area contributed by atoms with Gasteiger partial charge in [-0.3, -0.25) is 4.79 Å². The van der Waals surface area contributed by atoms with Crippen LogP contribution in [0.3, 0.4) is 0 Å². The van der Waals surface area contributed by atoms with E-state index in [2.05, 4.69) is 11.4 Å². The predicted molar refractivity (Wildman–Crippen MR) is 93.6 cm³/mol. The van der Waals surface area contributed by atoms with Crippen LogP contribution in [0.15, 0.2) is 41.0 Å². The Bertz CT molecular complexity index is 937. The van der Waals surface area contributed by atoms with E-state index in [0.717, 1.165) is 0 Å². The fourth-order valence-electron chi connectivity index (χ4n) is 3.39. The minimum atomic E-state index is -1.51. The third-order valence-electron chi connectivity index (χ3n) is 4.52. The number of hydrogen-bond donors (Lipinski definition) is 2. The van der Waals surface area contributed by atoms with Crippen LogP contribution in [0, 0.1) is 11.3 Å². The highest BCUT2D eigenvalue weighted by Crippen LogP contribution is 2.50. The van der Waals surface area contributed by atoms with Crippen LogP contribution in [-0.4, -0.2) is 18.0 Å². The van der Waals surface area contributed by atoms with E-state index in [1.54, 1.807) is 45.9 Å². The third kappa shape index (κ3) is 2.26. The summed E-state index contributed by atoms with van der Waals surface area (Å²) in [5, 5.41) is 12.4. The van der Waals surface area contributed by atoms with Crippen LogP contribution in [0.2, 0.25) is 0 Å². The van der Waals surface area contributed by atoms with Gasteiger partial charge in [0.25, 0.3) is 0 Å². The second kappa shape index (κ2) is 5.92. The molecule has 0 saturated heterocycles. The van der Waals surface area contributed by atoms with Gasteiger partial charge in [-0.2, -0.15) is 5.26 Å². The van der Waals surface area contributed by atoms with Crippen molar-refractivity contribution in [1.82, 2.24) is 0 Å². The molecule has 1 spiro atoms. The molecule has 2 heterocycles. The summed E-state index contributed by atoms with van der Waals surface area (Å²) >= 11 is 0. The largest absolute Gasteiger partial charge is 0.464 e. The topological polar surface area (TPSA) is 114 Å². The SMILES string of the molecule is CC1=C(N)C2(C(=O)Nc3ccc(C(=O)OC(C)C)cc32)C(C#N)=C(C)O1. The number of nitriles is 1. The number of nitrogens with one attached hydrogen (secondary N) is 1. The number of nitrogens with zero attached hydrogens (tertiary/aromatic N) is 1. The minimum absolute atomic E-state index is 0.103. The first-order valence-corrected chi connectivity index (χ1v) is 8.16. The lowest BCUT2D eigenvalue weighted by Crippen LogP contribution is -2.44. The molecule has 2 aliphatic heterocycles. The van der Waals surface area contributed by atoms with Gasteiger partial charge in [0.05, 0.1) is 22.9 Å². The Morgan fingerprint density at radius 1 is 1.35 bits per heavy atom. The fraction of sp³-hybridized carbons (Fsp3) is 0.316. The Hall–Kier alpha value is -3.27. The van der Waals surface area contributed by atoms with Gasteiger partial charge in [-0.1, -0.05) is 0 Å². The number of benzene rings is 1. The molecular formula is C19H19N3O4. The number of carbonyl (C=O) groups is 2. The van der Waals surface area contributed by atoms with E-state index in [0.29, 0.717) is 22.8 Å². The van der Waals surface area contributed by atoms with Crippen molar-refractivity contribution in [3.05, 3.63) is 52.1 Å². The lowest BCUT2D eigenvalue weighted by atomic mass is 9.70. The first kappa shape index (κ1) is 17.5. The van der Waals surface area contributed by atoms with Crippen LogP contribution in [0.5, 0.6) is 0 Å². The smallest absolute Gasteiger partial charge is 0.338 e. The first-order valence-electron chi connectivity index (χ1n) is 8.16. The average molecular weight is 353 g/mol. The van der Waals surface area contributed by atoms with Crippen LogP contribution in [0.25, 0.3) is 0 Å². The van der Waals surface area contributed by atoms with Gasteiger partial charge in [0, 0.05) is 11.3 Å². The number of rotatable bonds is 2. The Balaban J connectivity index is 2.26. The molecule has 3 rings (SSSR count). The molecule has 1 aromatic rings. The number of esters is 1. The summed E-state index contributed by atoms with van der Waals surface area (Å²) in [4.78, 5) is 25.3. The molecule has 1 amide bonds. The fourth-order valence-corrected chi connectivity index (χ4v) is 3.39. The standard InChI is InChI=1S/C19H19N3O4/c1-9(2)25-17(23)12-5-6-15-13(7-12)19(18(24)22-15)14(8-20)10(3)26-11(4)16(19)21/h5-7,9H,21H2,1-4H3,(H,22,24). The molecule has 134 valence electrons. The number of fused-ring (bicyclic) bond motifs is 2. The molecule has 3 N–H and O–H groups in total. The summed E-state index contributed by atoms with van der Waals surface area (Å²) in [5.74, 6) is -0.308. The summed E-state index contributed by atoms with van der Waals surface area (Å²) in [5.41, 5.74) is 6.19. The monoisotopic (exact) mass is 353 g/mol. The Labute approximate surface area is 151 Å². The molecule has 7 nitrogen and oxygen atoms in total. The van der Waals surface area contributed by atoms with Gasteiger partial charge >= 0.3 is 5.97 Å². The highest BCUT2D eigenvalue weighted by atomic mass is 16.5. The van der Waals surface area contributed by atoms with E-state index < -0.39 is 17.3 Å². The number of carbonyl (C=O) groups excluding carboxylic acids is 2. The van der Waals surface area contributed by atoms with E-state index in [1.165, 1.54) is 0 Å². The molecule has 1 unspecified atom stereocenters. The molecule has 2 aliphatic rings. The second-order valence-corrected chi connectivity index (χ2v) is 6.53. The lowest BCUT2D eigenvalue weighted by molar-refractivity contribution is -0.118. The van der Waals surface area contributed by atoms with Crippen molar-refractivity contribution < 1.29 is 19.1 Å². The van der Waals surface area contributed by atoms with Crippen LogP contribution < -0.4 is 11.1 Å². The van der Waals surface area contributed by atoms with Gasteiger partial charge in [0.1, 0.15) is 17.6 Å². The van der Waals surface area contributed by atoms with Crippen molar-refractivity contribution in [2.24, 2.45) is 5.73 Å². The van der Waals surface area contributed by atoms with Crippen LogP contribution >= 0.6 is 0 Å². The molecular weight excluding hydrogens is 334 g/mol. The van der Waals surface area contributed by atoms with E-state index >= 15 is 0 Å². The molecule has 1 aromatic carbocycles. The zero-order valence-corrected chi connectivity index (χ0v) is 15.0. The number of allylic oxidation sites excluding steroid dienone is 2. The van der Waals surface area contributed by atoms with Crippen molar-refractivity contribution in [3.8, 4) is 6.07 Å². The summed E-state index contributed by atoms with van der Waals surface area (Å²) in [6.07, 6.45) is -0.281. The molecule has 0 aromatic heterocycles. The van der Waals surface area contributed by atoms with Crippen molar-refractivity contribution >= 4 is 17.6 Å². The number of amides is 1. The Morgan fingerprint density at radius 3 is 2.65 bits per heavy atom. The van der Waals surface area contributed by atoms with Gasteiger partial charge in [0.15, 0.2) is 5.41 Å². The number of hydrogen-bond acceptors (Lipinski definition) is 6. The van der Waals surface area contributed by atoms with Crippen molar-refractivity contribution in [2.45, 2.75) is 39.2 Å². The Kier molecular flexibility index (Phi) is 3.99. The van der Waals surface area contributed by atoms with Crippen LogP contribution in [0.1, 0.15) is 43.6 Å². The molecule has 7 heteroatoms. The van der Waals surface area contributed by atoms with E-state index in [1.807, 2.05) is 0 Å². The number of nitrogens with two attached hydrogens (primary N) is 1. The maximum Gasteiger partial charge on any atom is 0.338 e. The third-order valence-corrected chi connectivity index (χ3v) is 4.52. The summed E-state index contributed by atoms with van der Waals surface area (Å²) in [6, 6.07) is 6.78. The van der Waals surface area contributed by atoms with Gasteiger partial charge in [0.2, 0.25) is 5.91 Å². The van der Waals surface area contributed by atoms with Crippen molar-refractivity contribution in [3.63, 3.8) is 0 Å². The number of anilines is 1. The molecule has 1 atom stereocenters. The highest BCUT2D eigenvalue weighted by molar-refractivity contribution is 6.12. The van der Waals surface area contributed by atoms with Crippen LogP contribution in [0.4, 0.5) is 5.69 Å². The maximum absolute atomic E-state index is 13.0. The molecule has 0 fully saturated rings. The normalized spacial score (nSPS) is 21.5. The molecule has 0 bridgehead atoms. The molecule has 26 heavy (non-hydrogen) atoms. The molecule has 0 aliphatic carbocycles. The first-order chi connectivity index (χ1) is 12.2. The van der Waals surface area contributed by atoms with Crippen molar-refractivity contribution in [1.29, 1.82) is 5.26 Å². The average Bonchev–Trinajstić information content (AvgIpc) is 2.85. The molecule has 0 radical (unpaired) electrons. The summed E-state index contributed by atoms with van der Waals surface area (Å²) in [6.45, 7) is 6.75. The highest BCUT2D eigenvalue weighted by Gasteiger charge is 2.56. The second-order valence-electron chi connectivity index (χ2n) is 6.53. The maximum atomic E-state index is 13.0. The van der Waals surface area contributed by atoms with Gasteiger partial charge < -0.3 is 20.5 Å². The predicted octanol–water partition coefficient (Wildman–Crippen LogP) is 2.46. The zero-order valence-electron chi connectivity index (χ0n) is 15.0. The van der Waals surface area contributed by atoms with Crippen molar-refractivity contribution in [2.75, 3.05) is 5.32 Å². The Morgan fingerprint density at radius 2 is 2.04 bits per heavy atom.